The van der Waals surface area contributed by atoms with Crippen LogP contribution < -0.4 is 5.32 Å². The van der Waals surface area contributed by atoms with Crippen LogP contribution >= 0.6 is 11.3 Å². The van der Waals surface area contributed by atoms with Gasteiger partial charge in [0.25, 0.3) is 0 Å². The highest BCUT2D eigenvalue weighted by molar-refractivity contribution is 7.07. The van der Waals surface area contributed by atoms with Gasteiger partial charge in [-0.05, 0) is 41.8 Å². The van der Waals surface area contributed by atoms with Crippen molar-refractivity contribution in [3.05, 3.63) is 58.3 Å². The van der Waals surface area contributed by atoms with Crippen LogP contribution in [-0.4, -0.2) is 12.6 Å². The molecule has 0 saturated carbocycles. The van der Waals surface area contributed by atoms with Gasteiger partial charge in [-0.1, -0.05) is 30.3 Å². The van der Waals surface area contributed by atoms with Gasteiger partial charge >= 0.3 is 5.97 Å². The maximum absolute atomic E-state index is 12.2. The van der Waals surface area contributed by atoms with Gasteiger partial charge in [0.05, 0.1) is 6.61 Å². The lowest BCUT2D eigenvalue weighted by atomic mass is 10.0. The Hall–Kier alpha value is -1.65. The lowest BCUT2D eigenvalue weighted by Gasteiger charge is -2.22. The zero-order valence-electron chi connectivity index (χ0n) is 11.7. The van der Waals surface area contributed by atoms with Crippen LogP contribution in [0.2, 0.25) is 0 Å². The van der Waals surface area contributed by atoms with Gasteiger partial charge in [-0.15, -0.1) is 0 Å². The molecule has 0 radical (unpaired) electrons. The molecule has 2 rings (SSSR count). The van der Waals surface area contributed by atoms with E-state index in [-0.39, 0.29) is 12.0 Å². The third-order valence-corrected chi connectivity index (χ3v) is 3.82. The predicted molar refractivity (Wildman–Crippen MR) is 81.7 cm³/mol. The summed E-state index contributed by atoms with van der Waals surface area (Å²) in [7, 11) is 0. The van der Waals surface area contributed by atoms with Gasteiger partial charge in [0, 0.05) is 6.04 Å². The summed E-state index contributed by atoms with van der Waals surface area (Å²) in [5.74, 6) is -0.235. The van der Waals surface area contributed by atoms with Crippen LogP contribution in [-0.2, 0) is 9.53 Å². The molecule has 106 valence electrons. The smallest absolute Gasteiger partial charge is 0.327 e. The summed E-state index contributed by atoms with van der Waals surface area (Å²) in [6.07, 6.45) is 0. The van der Waals surface area contributed by atoms with Crippen LogP contribution in [0.4, 0.5) is 0 Å². The predicted octanol–water partition coefficient (Wildman–Crippen LogP) is 3.70. The number of nitrogens with one attached hydrogen (secondary N) is 1. The van der Waals surface area contributed by atoms with E-state index in [2.05, 4.69) is 23.7 Å². The van der Waals surface area contributed by atoms with Gasteiger partial charge in [0.2, 0.25) is 0 Å². The second kappa shape index (κ2) is 7.22. The molecule has 0 aliphatic carbocycles. The van der Waals surface area contributed by atoms with Crippen LogP contribution in [0.1, 0.15) is 37.1 Å². The first-order valence-electron chi connectivity index (χ1n) is 6.72. The summed E-state index contributed by atoms with van der Waals surface area (Å²) in [5.41, 5.74) is 2.10. The Balaban J connectivity index is 2.17. The number of benzene rings is 1. The fourth-order valence-corrected chi connectivity index (χ4v) is 2.79. The van der Waals surface area contributed by atoms with E-state index in [1.807, 2.05) is 42.6 Å². The molecule has 0 saturated heterocycles. The lowest BCUT2D eigenvalue weighted by Crippen LogP contribution is -2.32. The maximum Gasteiger partial charge on any atom is 0.327 e. The molecule has 2 unspecified atom stereocenters. The van der Waals surface area contributed by atoms with E-state index >= 15 is 0 Å². The van der Waals surface area contributed by atoms with Crippen molar-refractivity contribution in [3.63, 3.8) is 0 Å². The number of hydrogen-bond donors (Lipinski definition) is 1. The van der Waals surface area contributed by atoms with Gasteiger partial charge in [0.15, 0.2) is 0 Å². The first-order valence-corrected chi connectivity index (χ1v) is 7.66. The highest BCUT2D eigenvalue weighted by atomic mass is 32.1. The Morgan fingerprint density at radius 1 is 1.25 bits per heavy atom. The van der Waals surface area contributed by atoms with Crippen molar-refractivity contribution < 1.29 is 9.53 Å². The normalized spacial score (nSPS) is 13.7. The van der Waals surface area contributed by atoms with E-state index in [9.17, 15) is 4.79 Å². The largest absolute Gasteiger partial charge is 0.465 e. The topological polar surface area (TPSA) is 38.3 Å². The number of carbonyl (C=O) groups excluding carboxylic acids is 1. The first-order chi connectivity index (χ1) is 9.72. The second-order valence-electron chi connectivity index (χ2n) is 4.54. The van der Waals surface area contributed by atoms with Gasteiger partial charge in [0.1, 0.15) is 6.04 Å². The fourth-order valence-electron chi connectivity index (χ4n) is 2.04. The summed E-state index contributed by atoms with van der Waals surface area (Å²) in [6.45, 7) is 4.26. The molecule has 0 fully saturated rings. The Labute approximate surface area is 123 Å². The summed E-state index contributed by atoms with van der Waals surface area (Å²) < 4.78 is 5.18. The van der Waals surface area contributed by atoms with Crippen LogP contribution in [0.5, 0.6) is 0 Å². The van der Waals surface area contributed by atoms with Crippen LogP contribution in [0.25, 0.3) is 0 Å². The standard InChI is InChI=1S/C16H19NO2S/c1-3-19-16(18)15(13-7-5-4-6-8-13)17-12(2)14-9-10-20-11-14/h4-12,15,17H,3H2,1-2H3. The minimum absolute atomic E-state index is 0.0934. The Bertz CT molecular complexity index is 525. The number of carbonyl (C=O) groups is 1. The third-order valence-electron chi connectivity index (χ3n) is 3.12. The van der Waals surface area contributed by atoms with E-state index in [1.54, 1.807) is 11.3 Å². The molecule has 1 heterocycles. The van der Waals surface area contributed by atoms with Gasteiger partial charge in [-0.3, -0.25) is 5.32 Å². The number of rotatable bonds is 6. The molecule has 0 bridgehead atoms. The molecule has 0 amide bonds. The molecule has 1 aromatic carbocycles. The van der Waals surface area contributed by atoms with E-state index in [0.29, 0.717) is 6.61 Å². The summed E-state index contributed by atoms with van der Waals surface area (Å²) >= 11 is 1.65. The zero-order valence-corrected chi connectivity index (χ0v) is 12.5. The van der Waals surface area contributed by atoms with Crippen molar-refractivity contribution >= 4 is 17.3 Å². The highest BCUT2D eigenvalue weighted by Crippen LogP contribution is 2.22. The van der Waals surface area contributed by atoms with Gasteiger partial charge < -0.3 is 4.74 Å². The molecular weight excluding hydrogens is 270 g/mol. The summed E-state index contributed by atoms with van der Waals surface area (Å²) in [6, 6.07) is 11.4. The molecule has 0 aliphatic rings. The molecule has 2 aromatic rings. The van der Waals surface area contributed by atoms with E-state index in [4.69, 9.17) is 4.74 Å². The Morgan fingerprint density at radius 2 is 2.00 bits per heavy atom. The molecule has 1 N–H and O–H groups in total. The first kappa shape index (κ1) is 14.8. The van der Waals surface area contributed by atoms with Crippen molar-refractivity contribution in [1.82, 2.24) is 5.32 Å². The average molecular weight is 289 g/mol. The summed E-state index contributed by atoms with van der Waals surface area (Å²) in [4.78, 5) is 12.2. The van der Waals surface area contributed by atoms with Crippen LogP contribution in [0, 0.1) is 0 Å². The van der Waals surface area contributed by atoms with E-state index < -0.39 is 6.04 Å². The van der Waals surface area contributed by atoms with Gasteiger partial charge in [-0.25, -0.2) is 4.79 Å². The van der Waals surface area contributed by atoms with Gasteiger partial charge in [-0.2, -0.15) is 11.3 Å². The molecule has 3 nitrogen and oxygen atoms in total. The van der Waals surface area contributed by atoms with Crippen LogP contribution in [0.15, 0.2) is 47.2 Å². The second-order valence-corrected chi connectivity index (χ2v) is 5.32. The highest BCUT2D eigenvalue weighted by Gasteiger charge is 2.23. The van der Waals surface area contributed by atoms with Crippen molar-refractivity contribution in [2.75, 3.05) is 6.61 Å². The molecule has 0 aliphatic heterocycles. The SMILES string of the molecule is CCOC(=O)C(NC(C)c1ccsc1)c1ccccc1. The number of hydrogen-bond acceptors (Lipinski definition) is 4. The van der Waals surface area contributed by atoms with Crippen molar-refractivity contribution in [2.45, 2.75) is 25.9 Å². The quantitative estimate of drug-likeness (QED) is 0.824. The lowest BCUT2D eigenvalue weighted by molar-refractivity contribution is -0.146. The van der Waals surface area contributed by atoms with Crippen LogP contribution in [0.3, 0.4) is 0 Å². The monoisotopic (exact) mass is 289 g/mol. The maximum atomic E-state index is 12.2. The van der Waals surface area contributed by atoms with E-state index in [1.165, 1.54) is 5.56 Å². The molecule has 4 heteroatoms. The Morgan fingerprint density at radius 3 is 2.60 bits per heavy atom. The van der Waals surface area contributed by atoms with Crippen molar-refractivity contribution in [3.8, 4) is 0 Å². The third kappa shape index (κ3) is 3.68. The van der Waals surface area contributed by atoms with Crippen molar-refractivity contribution in [2.24, 2.45) is 0 Å². The zero-order chi connectivity index (χ0) is 14.4. The molecular formula is C16H19NO2S. The number of esters is 1. The molecule has 0 spiro atoms. The molecule has 2 atom stereocenters. The summed E-state index contributed by atoms with van der Waals surface area (Å²) in [5, 5.41) is 7.48. The minimum atomic E-state index is -0.439. The van der Waals surface area contributed by atoms with E-state index in [0.717, 1.165) is 5.56 Å². The number of thiophene rings is 1. The Kier molecular flexibility index (Phi) is 5.32. The van der Waals surface area contributed by atoms with Crippen molar-refractivity contribution in [1.29, 1.82) is 0 Å². The molecule has 20 heavy (non-hydrogen) atoms. The number of ether oxygens (including phenoxy) is 1. The average Bonchev–Trinajstić information content (AvgIpc) is 3.00. The minimum Gasteiger partial charge on any atom is -0.465 e. The molecule has 1 aromatic heterocycles. The fraction of sp³-hybridized carbons (Fsp3) is 0.312.